The first-order valence-electron chi connectivity index (χ1n) is 6.62. The number of rotatable bonds is 4. The van der Waals surface area contributed by atoms with Gasteiger partial charge >= 0.3 is 5.97 Å². The Balaban J connectivity index is 1.84. The second-order valence-electron chi connectivity index (χ2n) is 5.28. The maximum absolute atomic E-state index is 11.9. The molecule has 0 aliphatic heterocycles. The number of carbonyl (C=O) groups excluding carboxylic acids is 1. The van der Waals surface area contributed by atoms with Crippen LogP contribution in [-0.4, -0.2) is 23.0 Å². The summed E-state index contributed by atoms with van der Waals surface area (Å²) in [4.78, 5) is 22.7. The summed E-state index contributed by atoms with van der Waals surface area (Å²) in [5.74, 6) is -1.08. The minimum Gasteiger partial charge on any atom is -0.481 e. The molecule has 1 fully saturated rings. The van der Waals surface area contributed by atoms with Crippen molar-refractivity contribution in [2.45, 2.75) is 38.6 Å². The summed E-state index contributed by atoms with van der Waals surface area (Å²) in [6.07, 6.45) is 2.33. The van der Waals surface area contributed by atoms with Gasteiger partial charge in [0.2, 0.25) is 5.91 Å². The lowest BCUT2D eigenvalue weighted by Gasteiger charge is -2.12. The lowest BCUT2D eigenvalue weighted by molar-refractivity contribution is -0.141. The van der Waals surface area contributed by atoms with Crippen molar-refractivity contribution >= 4 is 11.9 Å². The first-order valence-corrected chi connectivity index (χ1v) is 6.62. The number of hydrogen-bond donors (Lipinski definition) is 2. The summed E-state index contributed by atoms with van der Waals surface area (Å²) < 4.78 is 0. The van der Waals surface area contributed by atoms with Gasteiger partial charge in [-0.1, -0.05) is 29.8 Å². The van der Waals surface area contributed by atoms with Crippen LogP contribution in [0.5, 0.6) is 0 Å². The minimum absolute atomic E-state index is 0.0124. The van der Waals surface area contributed by atoms with Gasteiger partial charge in [0.05, 0.1) is 12.3 Å². The summed E-state index contributed by atoms with van der Waals surface area (Å²) in [5, 5.41) is 11.8. The number of carboxylic acid groups (broad SMARTS) is 1. The topological polar surface area (TPSA) is 66.4 Å². The molecule has 2 rings (SSSR count). The second kappa shape index (κ2) is 5.87. The third-order valence-electron chi connectivity index (χ3n) is 3.59. The Bertz CT molecular complexity index is 484. The zero-order valence-electron chi connectivity index (χ0n) is 11.1. The molecule has 1 aromatic carbocycles. The lowest BCUT2D eigenvalue weighted by atomic mass is 10.1. The van der Waals surface area contributed by atoms with Crippen LogP contribution in [0.1, 0.15) is 30.4 Å². The third kappa shape index (κ3) is 3.81. The highest BCUT2D eigenvalue weighted by Gasteiger charge is 2.30. The molecular formula is C15H19NO3. The third-order valence-corrected chi connectivity index (χ3v) is 3.59. The summed E-state index contributed by atoms with van der Waals surface area (Å²) in [6.45, 7) is 2.00. The predicted octanol–water partition coefficient (Wildman–Crippen LogP) is 1.91. The molecule has 0 spiro atoms. The van der Waals surface area contributed by atoms with E-state index in [4.69, 9.17) is 5.11 Å². The van der Waals surface area contributed by atoms with Crippen LogP contribution >= 0.6 is 0 Å². The molecule has 0 aromatic heterocycles. The first-order chi connectivity index (χ1) is 9.04. The fourth-order valence-electron chi connectivity index (χ4n) is 2.62. The van der Waals surface area contributed by atoms with Crippen LogP contribution < -0.4 is 5.32 Å². The van der Waals surface area contributed by atoms with E-state index in [-0.39, 0.29) is 17.9 Å². The number of nitrogens with one attached hydrogen (secondary N) is 1. The zero-order chi connectivity index (χ0) is 13.8. The maximum Gasteiger partial charge on any atom is 0.306 e. The number of aliphatic carboxylic acids is 1. The minimum atomic E-state index is -0.754. The van der Waals surface area contributed by atoms with Crippen molar-refractivity contribution in [3.8, 4) is 0 Å². The van der Waals surface area contributed by atoms with Crippen LogP contribution in [0.2, 0.25) is 0 Å². The molecule has 1 aliphatic rings. The molecule has 1 aromatic rings. The Hall–Kier alpha value is -1.84. The number of aryl methyl sites for hydroxylation is 1. The standard InChI is InChI=1S/C15H19NO3/c1-10-3-2-4-11(7-10)8-14(17)16-13-6-5-12(9-13)15(18)19/h2-4,7,12-13H,5-6,8-9H2,1H3,(H,16,17)(H,18,19). The van der Waals surface area contributed by atoms with Crippen molar-refractivity contribution in [1.29, 1.82) is 0 Å². The second-order valence-corrected chi connectivity index (χ2v) is 5.28. The first kappa shape index (κ1) is 13.6. The number of benzene rings is 1. The van der Waals surface area contributed by atoms with Gasteiger partial charge in [0, 0.05) is 6.04 Å². The Morgan fingerprint density at radius 3 is 2.79 bits per heavy atom. The molecule has 0 bridgehead atoms. The van der Waals surface area contributed by atoms with Gasteiger partial charge in [-0.15, -0.1) is 0 Å². The number of carbonyl (C=O) groups is 2. The summed E-state index contributed by atoms with van der Waals surface area (Å²) in [7, 11) is 0. The van der Waals surface area contributed by atoms with Crippen molar-refractivity contribution in [2.24, 2.45) is 5.92 Å². The van der Waals surface area contributed by atoms with Crippen LogP contribution in [0.25, 0.3) is 0 Å². The van der Waals surface area contributed by atoms with E-state index in [9.17, 15) is 9.59 Å². The van der Waals surface area contributed by atoms with Gasteiger partial charge in [0.15, 0.2) is 0 Å². The van der Waals surface area contributed by atoms with Crippen LogP contribution in [0.4, 0.5) is 0 Å². The van der Waals surface area contributed by atoms with Gasteiger partial charge in [0.1, 0.15) is 0 Å². The normalized spacial score (nSPS) is 22.2. The molecule has 2 N–H and O–H groups in total. The average molecular weight is 261 g/mol. The van der Waals surface area contributed by atoms with Gasteiger partial charge in [-0.3, -0.25) is 9.59 Å². The summed E-state index contributed by atoms with van der Waals surface area (Å²) >= 11 is 0. The molecule has 1 aliphatic carbocycles. The Labute approximate surface area is 112 Å². The van der Waals surface area contributed by atoms with Crippen LogP contribution in [0, 0.1) is 12.8 Å². The van der Waals surface area contributed by atoms with Gasteiger partial charge in [-0.2, -0.15) is 0 Å². The molecule has 1 amide bonds. The Morgan fingerprint density at radius 1 is 1.37 bits per heavy atom. The van der Waals surface area contributed by atoms with Gasteiger partial charge in [-0.25, -0.2) is 0 Å². The van der Waals surface area contributed by atoms with E-state index in [0.717, 1.165) is 17.5 Å². The molecule has 102 valence electrons. The molecule has 0 heterocycles. The monoisotopic (exact) mass is 261 g/mol. The van der Waals surface area contributed by atoms with E-state index < -0.39 is 5.97 Å². The molecular weight excluding hydrogens is 242 g/mol. The summed E-state index contributed by atoms with van der Waals surface area (Å²) in [6, 6.07) is 7.87. The molecule has 4 nitrogen and oxygen atoms in total. The van der Waals surface area contributed by atoms with Crippen molar-refractivity contribution in [2.75, 3.05) is 0 Å². The smallest absolute Gasteiger partial charge is 0.306 e. The Kier molecular flexibility index (Phi) is 4.20. The fraction of sp³-hybridized carbons (Fsp3) is 0.467. The molecule has 4 heteroatoms. The number of amides is 1. The van der Waals surface area contributed by atoms with E-state index in [1.807, 2.05) is 31.2 Å². The largest absolute Gasteiger partial charge is 0.481 e. The van der Waals surface area contributed by atoms with Crippen molar-refractivity contribution in [3.63, 3.8) is 0 Å². The maximum atomic E-state index is 11.9. The van der Waals surface area contributed by atoms with Crippen LogP contribution in [-0.2, 0) is 16.0 Å². The van der Waals surface area contributed by atoms with E-state index in [0.29, 0.717) is 19.3 Å². The Morgan fingerprint density at radius 2 is 2.16 bits per heavy atom. The van der Waals surface area contributed by atoms with Crippen molar-refractivity contribution in [1.82, 2.24) is 5.32 Å². The van der Waals surface area contributed by atoms with E-state index in [2.05, 4.69) is 5.32 Å². The van der Waals surface area contributed by atoms with Crippen LogP contribution in [0.15, 0.2) is 24.3 Å². The highest BCUT2D eigenvalue weighted by Crippen LogP contribution is 2.25. The zero-order valence-corrected chi connectivity index (χ0v) is 11.1. The number of hydrogen-bond acceptors (Lipinski definition) is 2. The predicted molar refractivity (Wildman–Crippen MR) is 71.8 cm³/mol. The SMILES string of the molecule is Cc1cccc(CC(=O)NC2CCC(C(=O)O)C2)c1. The molecule has 2 unspecified atom stereocenters. The molecule has 0 radical (unpaired) electrons. The van der Waals surface area contributed by atoms with E-state index >= 15 is 0 Å². The van der Waals surface area contributed by atoms with Gasteiger partial charge < -0.3 is 10.4 Å². The van der Waals surface area contributed by atoms with E-state index in [1.165, 1.54) is 0 Å². The van der Waals surface area contributed by atoms with Crippen molar-refractivity contribution in [3.05, 3.63) is 35.4 Å². The molecule has 19 heavy (non-hydrogen) atoms. The lowest BCUT2D eigenvalue weighted by Crippen LogP contribution is -2.34. The van der Waals surface area contributed by atoms with Crippen molar-refractivity contribution < 1.29 is 14.7 Å². The average Bonchev–Trinajstić information content (AvgIpc) is 2.77. The van der Waals surface area contributed by atoms with Crippen LogP contribution in [0.3, 0.4) is 0 Å². The number of carboxylic acids is 1. The van der Waals surface area contributed by atoms with E-state index in [1.54, 1.807) is 0 Å². The summed E-state index contributed by atoms with van der Waals surface area (Å²) in [5.41, 5.74) is 2.13. The molecule has 1 saturated carbocycles. The molecule has 2 atom stereocenters. The fourth-order valence-corrected chi connectivity index (χ4v) is 2.62. The highest BCUT2D eigenvalue weighted by atomic mass is 16.4. The quantitative estimate of drug-likeness (QED) is 0.870. The van der Waals surface area contributed by atoms with Gasteiger partial charge in [-0.05, 0) is 31.7 Å². The molecule has 0 saturated heterocycles. The van der Waals surface area contributed by atoms with Gasteiger partial charge in [0.25, 0.3) is 0 Å². The highest BCUT2D eigenvalue weighted by molar-refractivity contribution is 5.79.